The van der Waals surface area contributed by atoms with Crippen molar-refractivity contribution in [3.63, 3.8) is 0 Å². The molecule has 4 heteroatoms. The number of rotatable bonds is 1. The lowest BCUT2D eigenvalue weighted by Crippen LogP contribution is -2.08. The predicted octanol–water partition coefficient (Wildman–Crippen LogP) is 2.32. The molecule has 2 aromatic rings. The maximum atomic E-state index is 11.9. The van der Waals surface area contributed by atoms with Gasteiger partial charge in [-0.15, -0.1) is 0 Å². The molecule has 19 heavy (non-hydrogen) atoms. The van der Waals surface area contributed by atoms with Crippen molar-refractivity contribution < 1.29 is 9.53 Å². The van der Waals surface area contributed by atoms with Gasteiger partial charge in [0.15, 0.2) is 0 Å². The maximum absolute atomic E-state index is 11.9. The van der Waals surface area contributed by atoms with E-state index in [1.165, 1.54) is 7.11 Å². The van der Waals surface area contributed by atoms with Crippen LogP contribution >= 0.6 is 0 Å². The molecule has 2 heterocycles. The number of hydrogen-bond donors (Lipinski definition) is 0. The molecular weight excluding hydrogens is 240 g/mol. The van der Waals surface area contributed by atoms with Gasteiger partial charge in [0.25, 0.3) is 0 Å². The van der Waals surface area contributed by atoms with Crippen molar-refractivity contribution in [2.75, 3.05) is 7.11 Å². The van der Waals surface area contributed by atoms with Crippen LogP contribution in [0, 0.1) is 0 Å². The molecule has 0 N–H and O–H groups in total. The summed E-state index contributed by atoms with van der Waals surface area (Å²) >= 11 is 0. The Hall–Kier alpha value is -2.36. The molecule has 0 radical (unpaired) electrons. The lowest BCUT2D eigenvalue weighted by Gasteiger charge is -2.07. The molecule has 0 bridgehead atoms. The zero-order chi connectivity index (χ0) is 13.4. The summed E-state index contributed by atoms with van der Waals surface area (Å²) < 4.78 is 6.89. The second-order valence-corrected chi connectivity index (χ2v) is 4.47. The summed E-state index contributed by atoms with van der Waals surface area (Å²) in [7, 11) is 3.35. The van der Waals surface area contributed by atoms with E-state index in [-0.39, 0.29) is 5.97 Å². The number of carbonyl (C=O) groups excluding carboxylic acids is 1. The van der Waals surface area contributed by atoms with Gasteiger partial charge in [-0.1, -0.05) is 18.2 Å². The summed E-state index contributed by atoms with van der Waals surface area (Å²) in [5.74, 6) is -0.355. The minimum Gasteiger partial charge on any atom is -0.465 e. The van der Waals surface area contributed by atoms with Crippen LogP contribution in [0.15, 0.2) is 35.5 Å². The molecule has 3 rings (SSSR count). The van der Waals surface area contributed by atoms with Gasteiger partial charge in [-0.2, -0.15) is 0 Å². The highest BCUT2D eigenvalue weighted by molar-refractivity contribution is 6.18. The molecule has 0 unspecified atom stereocenters. The van der Waals surface area contributed by atoms with E-state index >= 15 is 0 Å². The first-order chi connectivity index (χ1) is 9.24. The van der Waals surface area contributed by atoms with Gasteiger partial charge in [-0.25, -0.2) is 4.79 Å². The van der Waals surface area contributed by atoms with Crippen molar-refractivity contribution in [3.05, 3.63) is 41.7 Å². The Morgan fingerprint density at radius 1 is 1.37 bits per heavy atom. The van der Waals surface area contributed by atoms with Gasteiger partial charge >= 0.3 is 5.97 Å². The molecule has 4 nitrogen and oxygen atoms in total. The first kappa shape index (κ1) is 11.7. The molecule has 1 aliphatic heterocycles. The van der Waals surface area contributed by atoms with Crippen LogP contribution in [0.5, 0.6) is 0 Å². The van der Waals surface area contributed by atoms with Crippen LogP contribution in [-0.4, -0.2) is 23.9 Å². The third kappa shape index (κ3) is 1.68. The predicted molar refractivity (Wildman–Crippen MR) is 75.1 cm³/mol. The fourth-order valence-corrected chi connectivity index (χ4v) is 2.61. The third-order valence-electron chi connectivity index (χ3n) is 3.48. The van der Waals surface area contributed by atoms with Crippen LogP contribution in [0.2, 0.25) is 0 Å². The van der Waals surface area contributed by atoms with Crippen LogP contribution in [0.4, 0.5) is 0 Å². The Kier molecular flexibility index (Phi) is 2.71. The molecule has 0 aliphatic carbocycles. The van der Waals surface area contributed by atoms with Crippen molar-refractivity contribution in [2.24, 2.45) is 12.0 Å². The van der Waals surface area contributed by atoms with E-state index in [2.05, 4.69) is 17.1 Å². The number of aryl methyl sites for hydroxylation is 1. The molecule has 0 atom stereocenters. The minimum absolute atomic E-state index is 0.355. The first-order valence-electron chi connectivity index (χ1n) is 6.11. The number of fused-ring (bicyclic) bond motifs is 3. The van der Waals surface area contributed by atoms with Gasteiger partial charge in [0.1, 0.15) is 5.57 Å². The summed E-state index contributed by atoms with van der Waals surface area (Å²) in [6, 6.07) is 8.13. The lowest BCUT2D eigenvalue weighted by molar-refractivity contribution is -0.133. The normalized spacial score (nSPS) is 13.9. The SMILES string of the molecule is COC(=O)C1=CN=CCc2c1n(C)c1ccccc21. The molecule has 1 aromatic heterocycles. The monoisotopic (exact) mass is 254 g/mol. The highest BCUT2D eigenvalue weighted by Gasteiger charge is 2.23. The number of esters is 1. The van der Waals surface area contributed by atoms with E-state index in [9.17, 15) is 4.79 Å². The number of aromatic nitrogens is 1. The average molecular weight is 254 g/mol. The van der Waals surface area contributed by atoms with E-state index < -0.39 is 0 Å². The van der Waals surface area contributed by atoms with Gasteiger partial charge in [0.05, 0.1) is 12.8 Å². The molecule has 0 amide bonds. The van der Waals surface area contributed by atoms with Crippen molar-refractivity contribution in [1.82, 2.24) is 4.57 Å². The van der Waals surface area contributed by atoms with Crippen LogP contribution < -0.4 is 0 Å². The highest BCUT2D eigenvalue weighted by Crippen LogP contribution is 2.32. The average Bonchev–Trinajstić information content (AvgIpc) is 2.62. The number of ether oxygens (including phenoxy) is 1. The zero-order valence-corrected chi connectivity index (χ0v) is 10.9. The molecule has 1 aliphatic rings. The molecule has 0 saturated heterocycles. The Morgan fingerprint density at radius 2 is 2.16 bits per heavy atom. The number of carbonyl (C=O) groups is 1. The van der Waals surface area contributed by atoms with Crippen molar-refractivity contribution in [1.29, 1.82) is 0 Å². The van der Waals surface area contributed by atoms with Crippen LogP contribution in [-0.2, 0) is 23.0 Å². The van der Waals surface area contributed by atoms with Crippen molar-refractivity contribution >= 4 is 28.7 Å². The number of nitrogens with zero attached hydrogens (tertiary/aromatic N) is 2. The van der Waals surface area contributed by atoms with E-state index in [0.29, 0.717) is 12.0 Å². The Bertz CT molecular complexity index is 723. The van der Waals surface area contributed by atoms with Crippen LogP contribution in [0.1, 0.15) is 11.3 Å². The Morgan fingerprint density at radius 3 is 2.95 bits per heavy atom. The van der Waals surface area contributed by atoms with Crippen LogP contribution in [0.25, 0.3) is 16.5 Å². The molecule has 96 valence electrons. The number of benzene rings is 1. The zero-order valence-electron chi connectivity index (χ0n) is 10.9. The van der Waals surface area contributed by atoms with Crippen molar-refractivity contribution in [2.45, 2.75) is 6.42 Å². The summed E-state index contributed by atoms with van der Waals surface area (Å²) in [5, 5.41) is 1.16. The summed E-state index contributed by atoms with van der Waals surface area (Å²) in [5.41, 5.74) is 3.63. The van der Waals surface area contributed by atoms with Gasteiger partial charge in [-0.3, -0.25) is 4.99 Å². The lowest BCUT2D eigenvalue weighted by atomic mass is 10.0. The summed E-state index contributed by atoms with van der Waals surface area (Å²) in [4.78, 5) is 16.1. The fraction of sp³-hybridized carbons (Fsp3) is 0.200. The Balaban J connectivity index is 2.35. The van der Waals surface area contributed by atoms with Gasteiger partial charge in [-0.05, 0) is 11.6 Å². The summed E-state index contributed by atoms with van der Waals surface area (Å²) in [6.45, 7) is 0. The number of methoxy groups -OCH3 is 1. The summed E-state index contributed by atoms with van der Waals surface area (Å²) in [6.07, 6.45) is 4.12. The van der Waals surface area contributed by atoms with E-state index in [1.807, 2.05) is 30.0 Å². The second-order valence-electron chi connectivity index (χ2n) is 4.47. The van der Waals surface area contributed by atoms with Gasteiger partial charge < -0.3 is 9.30 Å². The van der Waals surface area contributed by atoms with E-state index in [1.54, 1.807) is 6.20 Å². The molecule has 0 saturated carbocycles. The van der Waals surface area contributed by atoms with E-state index in [4.69, 9.17) is 4.74 Å². The van der Waals surface area contributed by atoms with Crippen LogP contribution in [0.3, 0.4) is 0 Å². The van der Waals surface area contributed by atoms with Gasteiger partial charge in [0.2, 0.25) is 0 Å². The smallest absolute Gasteiger partial charge is 0.341 e. The standard InChI is InChI=1S/C15H14N2O2/c1-17-13-6-4-3-5-10(13)11-7-8-16-9-12(14(11)17)15(18)19-2/h3-6,8-9H,7H2,1-2H3. The molecule has 0 fully saturated rings. The Labute approximate surface area is 111 Å². The van der Waals surface area contributed by atoms with Gasteiger partial charge in [0, 0.05) is 36.8 Å². The minimum atomic E-state index is -0.355. The topological polar surface area (TPSA) is 43.6 Å². The number of hydrogen-bond acceptors (Lipinski definition) is 3. The van der Waals surface area contributed by atoms with Crippen molar-refractivity contribution in [3.8, 4) is 0 Å². The first-order valence-corrected chi connectivity index (χ1v) is 6.11. The molecule has 1 aromatic carbocycles. The molecular formula is C15H14N2O2. The quantitative estimate of drug-likeness (QED) is 0.733. The largest absolute Gasteiger partial charge is 0.465 e. The number of para-hydroxylation sites is 1. The maximum Gasteiger partial charge on any atom is 0.341 e. The molecule has 0 spiro atoms. The second kappa shape index (κ2) is 4.39. The van der Waals surface area contributed by atoms with E-state index in [0.717, 1.165) is 22.2 Å². The third-order valence-corrected chi connectivity index (χ3v) is 3.48. The fourth-order valence-electron chi connectivity index (χ4n) is 2.61. The number of aliphatic imine (C=N–C) groups is 1. The highest BCUT2D eigenvalue weighted by atomic mass is 16.5.